The Morgan fingerprint density at radius 2 is 1.86 bits per heavy atom. The van der Waals surface area contributed by atoms with Crippen molar-refractivity contribution >= 4 is 0 Å². The smallest absolute Gasteiger partial charge is 0.150 e. The predicted molar refractivity (Wildman–Crippen MR) is 79.7 cm³/mol. The largest absolute Gasteiger partial charge is 0.360 e. The Hall–Kier alpha value is -1.66. The Morgan fingerprint density at radius 3 is 2.48 bits per heavy atom. The van der Waals surface area contributed by atoms with E-state index in [9.17, 15) is 0 Å². The summed E-state index contributed by atoms with van der Waals surface area (Å²) in [5.41, 5.74) is 0.954. The van der Waals surface area contributed by atoms with Crippen LogP contribution in [-0.4, -0.2) is 50.7 Å². The fourth-order valence-corrected chi connectivity index (χ4v) is 2.80. The van der Waals surface area contributed by atoms with Crippen molar-refractivity contribution in [2.24, 2.45) is 0 Å². The zero-order valence-corrected chi connectivity index (χ0v) is 12.8. The first-order valence-electron chi connectivity index (χ1n) is 7.61. The van der Waals surface area contributed by atoms with E-state index in [-0.39, 0.29) is 0 Å². The van der Waals surface area contributed by atoms with Crippen LogP contribution in [0.1, 0.15) is 24.2 Å². The van der Waals surface area contributed by atoms with Gasteiger partial charge in [0.1, 0.15) is 5.82 Å². The van der Waals surface area contributed by atoms with Crippen LogP contribution in [0, 0.1) is 6.92 Å². The average Bonchev–Trinajstić information content (AvgIpc) is 3.10. The van der Waals surface area contributed by atoms with Crippen LogP contribution in [0.15, 0.2) is 23.0 Å². The number of aryl methyl sites for hydroxylation is 2. The third kappa shape index (κ3) is 3.51. The normalized spacial score (nSPS) is 17.4. The highest BCUT2D eigenvalue weighted by Crippen LogP contribution is 2.11. The molecule has 3 rings (SSSR count). The maximum Gasteiger partial charge on any atom is 0.150 e. The second-order valence-corrected chi connectivity index (χ2v) is 5.62. The van der Waals surface area contributed by atoms with E-state index in [4.69, 9.17) is 4.52 Å². The summed E-state index contributed by atoms with van der Waals surface area (Å²) in [7, 11) is 0. The van der Waals surface area contributed by atoms with E-state index < -0.39 is 0 Å². The van der Waals surface area contributed by atoms with E-state index in [0.717, 1.165) is 63.1 Å². The number of rotatable bonds is 5. The molecule has 1 aliphatic heterocycles. The van der Waals surface area contributed by atoms with Crippen LogP contribution in [0.3, 0.4) is 0 Å². The SMILES string of the molecule is CCn1ccnc1CN1CCN(Cc2cc(C)no2)CC1. The van der Waals surface area contributed by atoms with Gasteiger partial charge in [0.15, 0.2) is 5.76 Å². The van der Waals surface area contributed by atoms with Crippen molar-refractivity contribution in [2.75, 3.05) is 26.2 Å². The zero-order chi connectivity index (χ0) is 14.7. The van der Waals surface area contributed by atoms with Crippen molar-refractivity contribution in [2.45, 2.75) is 33.5 Å². The molecule has 6 nitrogen and oxygen atoms in total. The van der Waals surface area contributed by atoms with Crippen LogP contribution in [0.2, 0.25) is 0 Å². The molecule has 1 fully saturated rings. The molecule has 0 unspecified atom stereocenters. The molecule has 6 heteroatoms. The van der Waals surface area contributed by atoms with E-state index >= 15 is 0 Å². The fraction of sp³-hybridized carbons (Fsp3) is 0.600. The molecule has 21 heavy (non-hydrogen) atoms. The highest BCUT2D eigenvalue weighted by molar-refractivity contribution is 5.03. The second kappa shape index (κ2) is 6.41. The van der Waals surface area contributed by atoms with Crippen molar-refractivity contribution in [3.63, 3.8) is 0 Å². The molecule has 0 saturated carbocycles. The molecule has 114 valence electrons. The van der Waals surface area contributed by atoms with Crippen molar-refractivity contribution in [1.29, 1.82) is 0 Å². The highest BCUT2D eigenvalue weighted by Gasteiger charge is 2.19. The first-order chi connectivity index (χ1) is 10.2. The minimum atomic E-state index is 0.859. The Balaban J connectivity index is 1.49. The Morgan fingerprint density at radius 1 is 1.14 bits per heavy atom. The summed E-state index contributed by atoms with van der Waals surface area (Å²) in [5.74, 6) is 2.12. The van der Waals surface area contributed by atoms with E-state index in [1.807, 2.05) is 19.2 Å². The molecule has 1 saturated heterocycles. The summed E-state index contributed by atoms with van der Waals surface area (Å²) in [6.45, 7) is 11.2. The van der Waals surface area contributed by atoms with Gasteiger partial charge in [0.2, 0.25) is 0 Å². The van der Waals surface area contributed by atoms with E-state index in [1.54, 1.807) is 0 Å². The summed E-state index contributed by atoms with van der Waals surface area (Å²) in [4.78, 5) is 9.34. The molecule has 0 atom stereocenters. The third-order valence-electron chi connectivity index (χ3n) is 4.03. The molecule has 2 aromatic rings. The lowest BCUT2D eigenvalue weighted by molar-refractivity contribution is 0.111. The van der Waals surface area contributed by atoms with E-state index in [0.29, 0.717) is 0 Å². The van der Waals surface area contributed by atoms with Crippen LogP contribution >= 0.6 is 0 Å². The molecule has 0 aromatic carbocycles. The van der Waals surface area contributed by atoms with Gasteiger partial charge < -0.3 is 9.09 Å². The molecule has 0 N–H and O–H groups in total. The maximum atomic E-state index is 5.29. The van der Waals surface area contributed by atoms with Crippen LogP contribution in [0.4, 0.5) is 0 Å². The van der Waals surface area contributed by atoms with E-state index in [2.05, 4.69) is 37.6 Å². The van der Waals surface area contributed by atoms with Crippen molar-refractivity contribution in [1.82, 2.24) is 24.5 Å². The zero-order valence-electron chi connectivity index (χ0n) is 12.8. The van der Waals surface area contributed by atoms with Gasteiger partial charge in [-0.15, -0.1) is 0 Å². The summed E-state index contributed by atoms with van der Waals surface area (Å²) >= 11 is 0. The molecule has 2 aromatic heterocycles. The fourth-order valence-electron chi connectivity index (χ4n) is 2.80. The Bertz CT molecular complexity index is 568. The van der Waals surface area contributed by atoms with Crippen LogP contribution in [0.25, 0.3) is 0 Å². The van der Waals surface area contributed by atoms with Crippen LogP contribution < -0.4 is 0 Å². The van der Waals surface area contributed by atoms with Gasteiger partial charge >= 0.3 is 0 Å². The number of aromatic nitrogens is 3. The maximum absolute atomic E-state index is 5.29. The third-order valence-corrected chi connectivity index (χ3v) is 4.03. The number of hydrogen-bond acceptors (Lipinski definition) is 5. The minimum Gasteiger partial charge on any atom is -0.360 e. The molecule has 1 aliphatic rings. The minimum absolute atomic E-state index is 0.859. The molecule has 0 spiro atoms. The second-order valence-electron chi connectivity index (χ2n) is 5.62. The van der Waals surface area contributed by atoms with Crippen molar-refractivity contribution in [3.05, 3.63) is 35.7 Å². The summed E-state index contributed by atoms with van der Waals surface area (Å²) < 4.78 is 7.50. The average molecular weight is 289 g/mol. The first-order valence-corrected chi connectivity index (χ1v) is 7.61. The highest BCUT2D eigenvalue weighted by atomic mass is 16.5. The molecule has 0 amide bonds. The lowest BCUT2D eigenvalue weighted by Gasteiger charge is -2.33. The van der Waals surface area contributed by atoms with Gasteiger partial charge in [-0.25, -0.2) is 4.98 Å². The van der Waals surface area contributed by atoms with Crippen molar-refractivity contribution in [3.8, 4) is 0 Å². The van der Waals surface area contributed by atoms with Gasteiger partial charge in [-0.05, 0) is 13.8 Å². The van der Waals surface area contributed by atoms with Crippen LogP contribution in [-0.2, 0) is 19.6 Å². The molecule has 3 heterocycles. The summed E-state index contributed by atoms with van der Waals surface area (Å²) in [6.07, 6.45) is 3.94. The number of hydrogen-bond donors (Lipinski definition) is 0. The molecule has 0 bridgehead atoms. The van der Waals surface area contributed by atoms with Gasteiger partial charge in [-0.2, -0.15) is 0 Å². The molecular formula is C15H23N5O. The molecular weight excluding hydrogens is 266 g/mol. The van der Waals surface area contributed by atoms with E-state index in [1.165, 1.54) is 0 Å². The Kier molecular flexibility index (Phi) is 4.36. The standard InChI is InChI=1S/C15H23N5O/c1-3-20-5-4-16-15(20)12-19-8-6-18(7-9-19)11-14-10-13(2)17-21-14/h4-5,10H,3,6-9,11-12H2,1-2H3. The van der Waals surface area contributed by atoms with Gasteiger partial charge in [-0.3, -0.25) is 9.80 Å². The summed E-state index contributed by atoms with van der Waals surface area (Å²) in [6, 6.07) is 2.02. The first kappa shape index (κ1) is 14.3. The van der Waals surface area contributed by atoms with Crippen LogP contribution in [0.5, 0.6) is 0 Å². The number of imidazole rings is 1. The van der Waals surface area contributed by atoms with Crippen molar-refractivity contribution < 1.29 is 4.52 Å². The molecule has 0 aliphatic carbocycles. The topological polar surface area (TPSA) is 50.3 Å². The molecule has 0 radical (unpaired) electrons. The Labute approximate surface area is 125 Å². The quantitative estimate of drug-likeness (QED) is 0.835. The number of piperazine rings is 1. The van der Waals surface area contributed by atoms with Gasteiger partial charge in [0, 0.05) is 51.2 Å². The lowest BCUT2D eigenvalue weighted by Crippen LogP contribution is -2.45. The number of nitrogens with zero attached hydrogens (tertiary/aromatic N) is 5. The van der Waals surface area contributed by atoms with Gasteiger partial charge in [-0.1, -0.05) is 5.16 Å². The summed E-state index contributed by atoms with van der Waals surface area (Å²) in [5, 5.41) is 3.94. The van der Waals surface area contributed by atoms with Gasteiger partial charge in [0.25, 0.3) is 0 Å². The van der Waals surface area contributed by atoms with Gasteiger partial charge in [0.05, 0.1) is 18.8 Å². The monoisotopic (exact) mass is 289 g/mol. The lowest BCUT2D eigenvalue weighted by atomic mass is 10.3. The predicted octanol–water partition coefficient (Wildman–Crippen LogP) is 1.52.